The van der Waals surface area contributed by atoms with Gasteiger partial charge in [0.05, 0.1) is 16.8 Å². The predicted molar refractivity (Wildman–Crippen MR) is 98.2 cm³/mol. The second-order valence-electron chi connectivity index (χ2n) is 5.97. The largest absolute Gasteiger partial charge is 0.453 e. The summed E-state index contributed by atoms with van der Waals surface area (Å²) in [5.74, 6) is -0.993. The molecule has 3 rings (SSSR count). The van der Waals surface area contributed by atoms with Crippen LogP contribution in [0.5, 0.6) is 11.5 Å². The molecule has 2 aromatic carbocycles. The van der Waals surface area contributed by atoms with Gasteiger partial charge >= 0.3 is 6.18 Å². The fourth-order valence-corrected chi connectivity index (χ4v) is 2.62. The monoisotopic (exact) mass is 391 g/mol. The molecule has 0 atom stereocenters. The van der Waals surface area contributed by atoms with Gasteiger partial charge in [0, 0.05) is 12.4 Å². The number of hydrogen-bond acceptors (Lipinski definition) is 4. The minimum absolute atomic E-state index is 0.0293. The van der Waals surface area contributed by atoms with Gasteiger partial charge in [0.1, 0.15) is 11.4 Å². The second-order valence-corrected chi connectivity index (χ2v) is 5.97. The number of fused-ring (bicyclic) bond motifs is 1. The Morgan fingerprint density at radius 2 is 1.86 bits per heavy atom. The van der Waals surface area contributed by atoms with Gasteiger partial charge in [-0.15, -0.1) is 0 Å². The highest BCUT2D eigenvalue weighted by Gasteiger charge is 2.34. The van der Waals surface area contributed by atoms with E-state index in [9.17, 15) is 18.0 Å². The molecule has 1 heterocycles. The number of ether oxygens (including phenoxy) is 1. The number of nitrogen functional groups attached to an aromatic ring is 1. The van der Waals surface area contributed by atoms with Gasteiger partial charge in [-0.1, -0.05) is 12.1 Å². The summed E-state index contributed by atoms with van der Waals surface area (Å²) in [5, 5.41) is 7.07. The third kappa shape index (κ3) is 3.43. The Morgan fingerprint density at radius 1 is 1.18 bits per heavy atom. The lowest BCUT2D eigenvalue weighted by atomic mass is 10.1. The average Bonchev–Trinajstić information content (AvgIpc) is 3.06. The summed E-state index contributed by atoms with van der Waals surface area (Å²) in [7, 11) is 1.24. The zero-order valence-electron chi connectivity index (χ0n) is 14.6. The van der Waals surface area contributed by atoms with Crippen molar-refractivity contribution in [1.82, 2.24) is 9.88 Å². The van der Waals surface area contributed by atoms with E-state index in [1.54, 1.807) is 24.3 Å². The Morgan fingerprint density at radius 3 is 2.46 bits per heavy atom. The van der Waals surface area contributed by atoms with Gasteiger partial charge in [-0.3, -0.25) is 15.1 Å². The second kappa shape index (κ2) is 6.80. The van der Waals surface area contributed by atoms with Crippen LogP contribution in [0.25, 0.3) is 10.9 Å². The zero-order valence-corrected chi connectivity index (χ0v) is 14.6. The summed E-state index contributed by atoms with van der Waals surface area (Å²) in [5.41, 5.74) is 10.3. The van der Waals surface area contributed by atoms with Crippen LogP contribution < -0.4 is 16.2 Å². The molecule has 0 fully saturated rings. The first-order valence-electron chi connectivity index (χ1n) is 7.97. The van der Waals surface area contributed by atoms with E-state index in [4.69, 9.17) is 21.6 Å². The molecule has 28 heavy (non-hydrogen) atoms. The lowest BCUT2D eigenvalue weighted by Crippen LogP contribution is -2.38. The smallest absolute Gasteiger partial charge is 0.417 e. The number of aromatic nitrogens is 1. The first-order chi connectivity index (χ1) is 13.1. The van der Waals surface area contributed by atoms with Gasteiger partial charge in [0.25, 0.3) is 5.91 Å². The molecule has 146 valence electrons. The van der Waals surface area contributed by atoms with Gasteiger partial charge in [-0.2, -0.15) is 13.2 Å². The van der Waals surface area contributed by atoms with Crippen LogP contribution >= 0.6 is 0 Å². The Kier molecular flexibility index (Phi) is 4.63. The van der Waals surface area contributed by atoms with Crippen molar-refractivity contribution in [3.8, 4) is 11.5 Å². The van der Waals surface area contributed by atoms with E-state index in [2.05, 4.69) is 4.98 Å². The number of nitrogens with one attached hydrogen (secondary N) is 2. The number of rotatable bonds is 3. The minimum atomic E-state index is -4.64. The first kappa shape index (κ1) is 19.1. The van der Waals surface area contributed by atoms with Gasteiger partial charge in [-0.25, -0.2) is 0 Å². The quantitative estimate of drug-likeness (QED) is 0.310. The van der Waals surface area contributed by atoms with E-state index in [1.807, 2.05) is 0 Å². The fourth-order valence-electron chi connectivity index (χ4n) is 2.62. The van der Waals surface area contributed by atoms with E-state index in [1.165, 1.54) is 7.05 Å². The van der Waals surface area contributed by atoms with Crippen LogP contribution in [0.2, 0.25) is 0 Å². The van der Waals surface area contributed by atoms with Gasteiger partial charge in [0.2, 0.25) is 0 Å². The fraction of sp³-hybridized carbons (Fsp3) is 0.111. The van der Waals surface area contributed by atoms with Crippen LogP contribution in [0.3, 0.4) is 0 Å². The minimum Gasteiger partial charge on any atom is -0.453 e. The number of halogens is 3. The van der Waals surface area contributed by atoms with E-state index < -0.39 is 23.6 Å². The summed E-state index contributed by atoms with van der Waals surface area (Å²) < 4.78 is 45.9. The van der Waals surface area contributed by atoms with Crippen LogP contribution in [0.4, 0.5) is 18.9 Å². The number of alkyl halides is 3. The first-order valence-corrected chi connectivity index (χ1v) is 7.97. The van der Waals surface area contributed by atoms with Crippen molar-refractivity contribution in [3.63, 3.8) is 0 Å². The van der Waals surface area contributed by atoms with Crippen molar-refractivity contribution < 1.29 is 22.7 Å². The van der Waals surface area contributed by atoms with Crippen molar-refractivity contribution in [2.24, 2.45) is 5.73 Å². The number of carbonyl (C=O) groups excluding carboxylic acids is 1. The van der Waals surface area contributed by atoms with Gasteiger partial charge < -0.3 is 21.2 Å². The maximum absolute atomic E-state index is 13.4. The Bertz CT molecular complexity index is 1070. The molecule has 0 saturated heterocycles. The molecule has 6 N–H and O–H groups in total. The number of benzene rings is 2. The SMILES string of the molecule is CN(C(=N)N)C(=O)c1cc2c(C(F)(F)F)ccc(Oc3ccccc3N)c2[nH]1. The van der Waals surface area contributed by atoms with Crippen molar-refractivity contribution >= 4 is 28.5 Å². The van der Waals surface area contributed by atoms with Gasteiger partial charge in [-0.05, 0) is 30.3 Å². The molecule has 0 spiro atoms. The highest BCUT2D eigenvalue weighted by Crippen LogP contribution is 2.40. The summed E-state index contributed by atoms with van der Waals surface area (Å²) in [6, 6.07) is 9.58. The molecule has 0 aliphatic rings. The maximum Gasteiger partial charge on any atom is 0.417 e. The lowest BCUT2D eigenvalue weighted by Gasteiger charge is -2.13. The zero-order chi connectivity index (χ0) is 20.6. The molecule has 10 heteroatoms. The molecule has 1 amide bonds. The summed E-state index contributed by atoms with van der Waals surface area (Å²) in [6.45, 7) is 0. The molecule has 0 saturated carbocycles. The summed E-state index contributed by atoms with van der Waals surface area (Å²) in [6.07, 6.45) is -4.64. The van der Waals surface area contributed by atoms with Crippen molar-refractivity contribution in [2.45, 2.75) is 6.18 Å². The standard InChI is InChI=1S/C18H16F3N5O2/c1-26(17(23)24)16(27)12-8-9-10(18(19,20)21)6-7-14(15(9)25-12)28-13-5-3-2-4-11(13)22/h2-8,25H,22H2,1H3,(H3,23,24). The molecule has 0 bridgehead atoms. The number of H-pyrrole nitrogens is 1. The number of para-hydroxylation sites is 2. The summed E-state index contributed by atoms with van der Waals surface area (Å²) in [4.78, 5) is 15.8. The number of anilines is 1. The highest BCUT2D eigenvalue weighted by atomic mass is 19.4. The van der Waals surface area contributed by atoms with E-state index in [0.717, 1.165) is 23.1 Å². The number of amides is 1. The third-order valence-corrected chi connectivity index (χ3v) is 4.10. The summed E-state index contributed by atoms with van der Waals surface area (Å²) >= 11 is 0. The molecule has 0 radical (unpaired) electrons. The molecule has 7 nitrogen and oxygen atoms in total. The molecule has 0 aliphatic heterocycles. The number of carbonyl (C=O) groups is 1. The van der Waals surface area contributed by atoms with Gasteiger partial charge in [0.15, 0.2) is 11.7 Å². The third-order valence-electron chi connectivity index (χ3n) is 4.10. The Hall–Kier alpha value is -3.69. The number of aromatic amines is 1. The highest BCUT2D eigenvalue weighted by molar-refractivity contribution is 6.06. The van der Waals surface area contributed by atoms with Crippen LogP contribution in [0.1, 0.15) is 16.1 Å². The Balaban J connectivity index is 2.17. The average molecular weight is 391 g/mol. The van der Waals surface area contributed by atoms with E-state index >= 15 is 0 Å². The lowest BCUT2D eigenvalue weighted by molar-refractivity contribution is -0.136. The van der Waals surface area contributed by atoms with Crippen LogP contribution in [0, 0.1) is 5.41 Å². The normalized spacial score (nSPS) is 11.4. The van der Waals surface area contributed by atoms with Crippen molar-refractivity contribution in [3.05, 3.63) is 53.7 Å². The Labute approximate surface area is 157 Å². The van der Waals surface area contributed by atoms with E-state index in [0.29, 0.717) is 5.69 Å². The van der Waals surface area contributed by atoms with E-state index in [-0.39, 0.29) is 28.1 Å². The van der Waals surface area contributed by atoms with Crippen LogP contribution in [0.15, 0.2) is 42.5 Å². The number of nitrogens with zero attached hydrogens (tertiary/aromatic N) is 1. The van der Waals surface area contributed by atoms with Crippen molar-refractivity contribution in [2.75, 3.05) is 12.8 Å². The van der Waals surface area contributed by atoms with Crippen LogP contribution in [-0.2, 0) is 6.18 Å². The molecular formula is C18H16F3N5O2. The predicted octanol–water partition coefficient (Wildman–Crippen LogP) is 3.53. The van der Waals surface area contributed by atoms with Crippen LogP contribution in [-0.4, -0.2) is 28.8 Å². The number of hydrogen-bond donors (Lipinski definition) is 4. The molecular weight excluding hydrogens is 375 g/mol. The molecule has 1 aromatic heterocycles. The number of nitrogens with two attached hydrogens (primary N) is 2. The molecule has 0 unspecified atom stereocenters. The van der Waals surface area contributed by atoms with Crippen molar-refractivity contribution in [1.29, 1.82) is 5.41 Å². The molecule has 3 aromatic rings. The topological polar surface area (TPSA) is 121 Å². The number of guanidine groups is 1. The maximum atomic E-state index is 13.4. The molecule has 0 aliphatic carbocycles.